The van der Waals surface area contributed by atoms with Crippen LogP contribution in [0.3, 0.4) is 0 Å². The van der Waals surface area contributed by atoms with Crippen molar-refractivity contribution in [1.82, 2.24) is 10.2 Å². The van der Waals surface area contributed by atoms with Crippen molar-refractivity contribution >= 4 is 17.5 Å². The summed E-state index contributed by atoms with van der Waals surface area (Å²) in [4.78, 5) is 14.6. The predicted octanol–water partition coefficient (Wildman–Crippen LogP) is 2.76. The van der Waals surface area contributed by atoms with Gasteiger partial charge in [-0.3, -0.25) is 4.79 Å². The Morgan fingerprint density at radius 1 is 1.32 bits per heavy atom. The molecule has 0 aliphatic carbocycles. The summed E-state index contributed by atoms with van der Waals surface area (Å²) in [5, 5.41) is 4.05. The van der Waals surface area contributed by atoms with Gasteiger partial charge in [-0.15, -0.1) is 0 Å². The first kappa shape index (κ1) is 12.9. The minimum absolute atomic E-state index is 0.0276. The number of nitrogens with zero attached hydrogens (tertiary/aromatic N) is 1. The Balaban J connectivity index is 1.79. The van der Waals surface area contributed by atoms with E-state index in [0.717, 1.165) is 49.4 Å². The lowest BCUT2D eigenvalue weighted by molar-refractivity contribution is -0.134. The molecule has 2 saturated heterocycles. The number of hydrogen-bond donors (Lipinski definition) is 1. The van der Waals surface area contributed by atoms with Gasteiger partial charge in [0, 0.05) is 11.6 Å². The molecule has 3 rings (SSSR count). The second-order valence-electron chi connectivity index (χ2n) is 5.39. The molecule has 19 heavy (non-hydrogen) atoms. The van der Waals surface area contributed by atoms with Crippen molar-refractivity contribution in [3.63, 3.8) is 0 Å². The number of hydrogen-bond acceptors (Lipinski definition) is 2. The van der Waals surface area contributed by atoms with Gasteiger partial charge in [-0.05, 0) is 49.9 Å². The molecule has 0 aromatic heterocycles. The van der Waals surface area contributed by atoms with Crippen LogP contribution in [0.4, 0.5) is 0 Å². The molecule has 1 aromatic rings. The Labute approximate surface area is 118 Å². The van der Waals surface area contributed by atoms with Gasteiger partial charge in [0.15, 0.2) is 0 Å². The van der Waals surface area contributed by atoms with Gasteiger partial charge >= 0.3 is 0 Å². The average Bonchev–Trinajstić information content (AvgIpc) is 3.09. The maximum absolute atomic E-state index is 12.5. The molecule has 2 aliphatic rings. The van der Waals surface area contributed by atoms with Crippen molar-refractivity contribution in [3.05, 3.63) is 34.9 Å². The van der Waals surface area contributed by atoms with Gasteiger partial charge < -0.3 is 10.2 Å². The van der Waals surface area contributed by atoms with E-state index < -0.39 is 0 Å². The quantitative estimate of drug-likeness (QED) is 0.902. The van der Waals surface area contributed by atoms with Crippen LogP contribution in [0.25, 0.3) is 0 Å². The van der Waals surface area contributed by atoms with Crippen LogP contribution in [-0.4, -0.2) is 29.9 Å². The van der Waals surface area contributed by atoms with Crippen LogP contribution in [0, 0.1) is 0 Å². The largest absolute Gasteiger partial charge is 0.334 e. The number of amides is 1. The molecule has 102 valence electrons. The topological polar surface area (TPSA) is 32.3 Å². The summed E-state index contributed by atoms with van der Waals surface area (Å²) in [5.74, 6) is 0.264. The summed E-state index contributed by atoms with van der Waals surface area (Å²) >= 11 is 6.06. The smallest absolute Gasteiger partial charge is 0.240 e. The van der Waals surface area contributed by atoms with Crippen molar-refractivity contribution in [2.24, 2.45) is 0 Å². The third kappa shape index (κ3) is 2.63. The lowest BCUT2D eigenvalue weighted by Crippen LogP contribution is -2.43. The Kier molecular flexibility index (Phi) is 3.76. The van der Waals surface area contributed by atoms with Crippen LogP contribution in [0.2, 0.25) is 5.02 Å². The second kappa shape index (κ2) is 5.51. The summed E-state index contributed by atoms with van der Waals surface area (Å²) in [6, 6.07) is 8.13. The molecule has 1 aromatic carbocycles. The number of benzene rings is 1. The van der Waals surface area contributed by atoms with Gasteiger partial charge in [-0.1, -0.05) is 23.7 Å². The van der Waals surface area contributed by atoms with Crippen molar-refractivity contribution in [2.45, 2.75) is 37.8 Å². The minimum atomic E-state index is 0.0276. The Morgan fingerprint density at radius 3 is 2.95 bits per heavy atom. The van der Waals surface area contributed by atoms with Crippen LogP contribution < -0.4 is 5.32 Å². The molecule has 0 unspecified atom stereocenters. The first-order valence-electron chi connectivity index (χ1n) is 7.05. The number of carbonyl (C=O) groups is 1. The van der Waals surface area contributed by atoms with E-state index in [-0.39, 0.29) is 18.0 Å². The molecule has 0 saturated carbocycles. The molecule has 0 radical (unpaired) electrons. The Bertz CT molecular complexity index is 471. The molecule has 0 bridgehead atoms. The molecular formula is C15H19ClN2O. The molecule has 2 aliphatic heterocycles. The van der Waals surface area contributed by atoms with E-state index in [9.17, 15) is 4.79 Å². The molecule has 2 atom stereocenters. The van der Waals surface area contributed by atoms with Crippen LogP contribution in [0.1, 0.15) is 37.3 Å². The van der Waals surface area contributed by atoms with Gasteiger partial charge in [-0.25, -0.2) is 0 Å². The fraction of sp³-hybridized carbons (Fsp3) is 0.533. The summed E-state index contributed by atoms with van der Waals surface area (Å²) in [6.45, 7) is 1.83. The van der Waals surface area contributed by atoms with E-state index in [2.05, 4.69) is 11.4 Å². The monoisotopic (exact) mass is 278 g/mol. The Morgan fingerprint density at radius 2 is 2.21 bits per heavy atom. The predicted molar refractivity (Wildman–Crippen MR) is 76.2 cm³/mol. The first-order valence-corrected chi connectivity index (χ1v) is 7.43. The number of halogens is 1. The zero-order chi connectivity index (χ0) is 13.2. The van der Waals surface area contributed by atoms with Crippen LogP contribution in [0.5, 0.6) is 0 Å². The number of likely N-dealkylation sites (tertiary alicyclic amines) is 1. The molecule has 2 heterocycles. The van der Waals surface area contributed by atoms with Crippen molar-refractivity contribution in [3.8, 4) is 0 Å². The summed E-state index contributed by atoms with van der Waals surface area (Å²) in [5.41, 5.74) is 1.16. The number of carbonyl (C=O) groups excluding carboxylic acids is 1. The fourth-order valence-corrected chi connectivity index (χ4v) is 3.39. The van der Waals surface area contributed by atoms with Gasteiger partial charge in [0.1, 0.15) is 0 Å². The minimum Gasteiger partial charge on any atom is -0.334 e. The Hall–Kier alpha value is -1.06. The molecule has 2 fully saturated rings. The average molecular weight is 279 g/mol. The maximum atomic E-state index is 12.5. The second-order valence-corrected chi connectivity index (χ2v) is 5.83. The fourth-order valence-electron chi connectivity index (χ4n) is 3.19. The summed E-state index contributed by atoms with van der Waals surface area (Å²) in [7, 11) is 0. The lowest BCUT2D eigenvalue weighted by Gasteiger charge is -2.28. The maximum Gasteiger partial charge on any atom is 0.240 e. The van der Waals surface area contributed by atoms with Gasteiger partial charge in [-0.2, -0.15) is 0 Å². The lowest BCUT2D eigenvalue weighted by atomic mass is 10.0. The highest BCUT2D eigenvalue weighted by atomic mass is 35.5. The third-order valence-corrected chi connectivity index (χ3v) is 4.36. The first-order chi connectivity index (χ1) is 9.25. The van der Waals surface area contributed by atoms with E-state index in [1.807, 2.05) is 23.1 Å². The van der Waals surface area contributed by atoms with Crippen molar-refractivity contribution < 1.29 is 4.79 Å². The zero-order valence-electron chi connectivity index (χ0n) is 10.9. The zero-order valence-corrected chi connectivity index (χ0v) is 11.7. The molecule has 4 heteroatoms. The molecule has 0 spiro atoms. The number of nitrogens with one attached hydrogen (secondary N) is 1. The normalized spacial score (nSPS) is 26.9. The van der Waals surface area contributed by atoms with E-state index in [0.29, 0.717) is 0 Å². The molecule has 1 amide bonds. The number of rotatable bonds is 2. The molecule has 3 nitrogen and oxygen atoms in total. The van der Waals surface area contributed by atoms with Crippen LogP contribution >= 0.6 is 11.6 Å². The van der Waals surface area contributed by atoms with E-state index >= 15 is 0 Å². The highest BCUT2D eigenvalue weighted by Gasteiger charge is 2.34. The van der Waals surface area contributed by atoms with E-state index in [4.69, 9.17) is 11.6 Å². The van der Waals surface area contributed by atoms with Crippen molar-refractivity contribution in [2.75, 3.05) is 13.1 Å². The third-order valence-electron chi connectivity index (χ3n) is 4.13. The van der Waals surface area contributed by atoms with Crippen LogP contribution in [-0.2, 0) is 4.79 Å². The van der Waals surface area contributed by atoms with E-state index in [1.165, 1.54) is 0 Å². The highest BCUT2D eigenvalue weighted by Crippen LogP contribution is 2.33. The molecular weight excluding hydrogens is 260 g/mol. The van der Waals surface area contributed by atoms with Crippen LogP contribution in [0.15, 0.2) is 24.3 Å². The highest BCUT2D eigenvalue weighted by molar-refractivity contribution is 6.30. The SMILES string of the molecule is O=C([C@H]1CCCN1)N1CCC[C@@H]1c1cccc(Cl)c1. The van der Waals surface area contributed by atoms with Crippen molar-refractivity contribution in [1.29, 1.82) is 0 Å². The summed E-state index contributed by atoms with van der Waals surface area (Å²) in [6.07, 6.45) is 4.19. The van der Waals surface area contributed by atoms with Gasteiger partial charge in [0.05, 0.1) is 12.1 Å². The molecule has 1 N–H and O–H groups in total. The standard InChI is InChI=1S/C15H19ClN2O/c16-12-5-1-4-11(10-12)14-7-3-9-18(14)15(19)13-6-2-8-17-13/h1,4-5,10,13-14,17H,2-3,6-9H2/t13-,14-/m1/s1. The van der Waals surface area contributed by atoms with Gasteiger partial charge in [0.25, 0.3) is 0 Å². The van der Waals surface area contributed by atoms with Gasteiger partial charge in [0.2, 0.25) is 5.91 Å². The summed E-state index contributed by atoms with van der Waals surface area (Å²) < 4.78 is 0. The van der Waals surface area contributed by atoms with E-state index in [1.54, 1.807) is 0 Å².